The predicted molar refractivity (Wildman–Crippen MR) is 96.2 cm³/mol. The molecule has 2 heterocycles. The number of nitrogens with zero attached hydrogens (tertiary/aromatic N) is 2. The maximum Gasteiger partial charge on any atom is 0.229 e. The molecule has 0 saturated carbocycles. The van der Waals surface area contributed by atoms with Gasteiger partial charge in [0.2, 0.25) is 5.91 Å². The molecule has 24 heavy (non-hydrogen) atoms. The summed E-state index contributed by atoms with van der Waals surface area (Å²) < 4.78 is 5.46. The van der Waals surface area contributed by atoms with Gasteiger partial charge in [0.1, 0.15) is 0 Å². The van der Waals surface area contributed by atoms with Crippen LogP contribution in [0, 0.1) is 5.41 Å². The zero-order chi connectivity index (χ0) is 17.0. The first-order valence-corrected chi connectivity index (χ1v) is 8.97. The van der Waals surface area contributed by atoms with Gasteiger partial charge in [-0.05, 0) is 37.9 Å². The molecule has 1 aromatic carbocycles. The highest BCUT2D eigenvalue weighted by molar-refractivity contribution is 5.82. The van der Waals surface area contributed by atoms with Crippen LogP contribution in [-0.4, -0.2) is 57.2 Å². The van der Waals surface area contributed by atoms with Gasteiger partial charge in [0.15, 0.2) is 0 Å². The Kier molecular flexibility index (Phi) is 5.41. The lowest BCUT2D eigenvalue weighted by Gasteiger charge is -2.37. The van der Waals surface area contributed by atoms with E-state index >= 15 is 0 Å². The number of piperidine rings is 1. The quantitative estimate of drug-likeness (QED) is 0.915. The van der Waals surface area contributed by atoms with Crippen molar-refractivity contribution < 1.29 is 9.53 Å². The Hall–Kier alpha value is -1.59. The van der Waals surface area contributed by atoms with E-state index in [9.17, 15) is 4.79 Å². The number of carbonyl (C=O) groups excluding carboxylic acids is 1. The van der Waals surface area contributed by atoms with Crippen molar-refractivity contribution in [3.05, 3.63) is 29.8 Å². The maximum absolute atomic E-state index is 13.0. The number of nitrogens with one attached hydrogen (secondary N) is 1. The monoisotopic (exact) mass is 331 g/mol. The number of morpholine rings is 1. The number of para-hydroxylation sites is 1. The van der Waals surface area contributed by atoms with E-state index in [-0.39, 0.29) is 11.3 Å². The minimum Gasteiger partial charge on any atom is -0.378 e. The fourth-order valence-electron chi connectivity index (χ4n) is 3.78. The van der Waals surface area contributed by atoms with Crippen molar-refractivity contribution in [3.8, 4) is 0 Å². The number of amides is 1. The third kappa shape index (κ3) is 3.73. The molecular formula is C19H29N3O2. The molecule has 132 valence electrons. The molecular weight excluding hydrogens is 302 g/mol. The Morgan fingerprint density at radius 2 is 2.08 bits per heavy atom. The number of carbonyl (C=O) groups is 1. The molecule has 2 saturated heterocycles. The largest absolute Gasteiger partial charge is 0.378 e. The van der Waals surface area contributed by atoms with Gasteiger partial charge in [-0.2, -0.15) is 0 Å². The third-order valence-corrected chi connectivity index (χ3v) is 5.21. The van der Waals surface area contributed by atoms with Crippen LogP contribution in [-0.2, 0) is 16.1 Å². The molecule has 0 spiro atoms. The van der Waals surface area contributed by atoms with Crippen molar-refractivity contribution >= 4 is 11.6 Å². The molecule has 1 N–H and O–H groups in total. The van der Waals surface area contributed by atoms with Crippen LogP contribution in [0.1, 0.15) is 25.3 Å². The second-order valence-electron chi connectivity index (χ2n) is 7.23. The summed E-state index contributed by atoms with van der Waals surface area (Å²) in [7, 11) is 1.93. The molecule has 1 aromatic rings. The van der Waals surface area contributed by atoms with Crippen molar-refractivity contribution in [1.29, 1.82) is 0 Å². The first-order valence-electron chi connectivity index (χ1n) is 8.97. The lowest BCUT2D eigenvalue weighted by atomic mass is 9.81. The van der Waals surface area contributed by atoms with Gasteiger partial charge in [-0.1, -0.05) is 18.2 Å². The molecule has 0 aromatic heterocycles. The van der Waals surface area contributed by atoms with Gasteiger partial charge in [0, 0.05) is 38.9 Å². The van der Waals surface area contributed by atoms with Crippen LogP contribution < -0.4 is 10.2 Å². The average molecular weight is 331 g/mol. The molecule has 0 unspecified atom stereocenters. The Morgan fingerprint density at radius 3 is 2.79 bits per heavy atom. The summed E-state index contributed by atoms with van der Waals surface area (Å²) in [5.74, 6) is 0.242. The molecule has 0 radical (unpaired) electrons. The van der Waals surface area contributed by atoms with Gasteiger partial charge in [-0.25, -0.2) is 0 Å². The van der Waals surface area contributed by atoms with Crippen LogP contribution in [0.5, 0.6) is 0 Å². The van der Waals surface area contributed by atoms with E-state index in [1.807, 2.05) is 11.9 Å². The highest BCUT2D eigenvalue weighted by Gasteiger charge is 2.36. The van der Waals surface area contributed by atoms with Crippen LogP contribution in [0.3, 0.4) is 0 Å². The molecule has 1 atom stereocenters. The predicted octanol–water partition coefficient (Wildman–Crippen LogP) is 1.87. The van der Waals surface area contributed by atoms with E-state index < -0.39 is 0 Å². The minimum atomic E-state index is -0.277. The number of hydrogen-bond acceptors (Lipinski definition) is 4. The second kappa shape index (κ2) is 7.53. The summed E-state index contributed by atoms with van der Waals surface area (Å²) >= 11 is 0. The summed E-state index contributed by atoms with van der Waals surface area (Å²) in [5, 5.41) is 3.37. The Labute approximate surface area is 145 Å². The highest BCUT2D eigenvalue weighted by Crippen LogP contribution is 2.29. The van der Waals surface area contributed by atoms with Crippen molar-refractivity contribution in [2.75, 3.05) is 51.3 Å². The van der Waals surface area contributed by atoms with Crippen molar-refractivity contribution in [2.24, 2.45) is 5.41 Å². The molecule has 5 heteroatoms. The fourth-order valence-corrected chi connectivity index (χ4v) is 3.78. The topological polar surface area (TPSA) is 44.8 Å². The fraction of sp³-hybridized carbons (Fsp3) is 0.632. The van der Waals surface area contributed by atoms with Gasteiger partial charge in [-0.15, -0.1) is 0 Å². The van der Waals surface area contributed by atoms with Gasteiger partial charge in [0.25, 0.3) is 0 Å². The number of hydrogen-bond donors (Lipinski definition) is 1. The van der Waals surface area contributed by atoms with E-state index in [1.54, 1.807) is 0 Å². The van der Waals surface area contributed by atoms with Crippen LogP contribution >= 0.6 is 0 Å². The smallest absolute Gasteiger partial charge is 0.229 e. The average Bonchev–Trinajstić information content (AvgIpc) is 2.63. The SMILES string of the molecule is CN(Cc1ccccc1N1CCOCC1)C(=O)[C@]1(C)CCCNC1. The van der Waals surface area contributed by atoms with Crippen molar-refractivity contribution in [1.82, 2.24) is 10.2 Å². The Morgan fingerprint density at radius 1 is 1.33 bits per heavy atom. The molecule has 2 fully saturated rings. The molecule has 0 bridgehead atoms. The lowest BCUT2D eigenvalue weighted by molar-refractivity contribution is -0.141. The van der Waals surface area contributed by atoms with E-state index in [1.165, 1.54) is 11.3 Å². The summed E-state index contributed by atoms with van der Waals surface area (Å²) in [4.78, 5) is 17.2. The number of ether oxygens (including phenoxy) is 1. The highest BCUT2D eigenvalue weighted by atomic mass is 16.5. The van der Waals surface area contributed by atoms with Gasteiger partial charge in [-0.3, -0.25) is 4.79 Å². The minimum absolute atomic E-state index is 0.242. The number of rotatable bonds is 4. The van der Waals surface area contributed by atoms with Gasteiger partial charge >= 0.3 is 0 Å². The van der Waals surface area contributed by atoms with Crippen LogP contribution in [0.2, 0.25) is 0 Å². The summed E-state index contributed by atoms with van der Waals surface area (Å²) in [5.41, 5.74) is 2.16. The van der Waals surface area contributed by atoms with E-state index in [2.05, 4.69) is 41.4 Å². The number of anilines is 1. The maximum atomic E-state index is 13.0. The van der Waals surface area contributed by atoms with E-state index in [0.29, 0.717) is 6.54 Å². The Bertz CT molecular complexity index is 563. The third-order valence-electron chi connectivity index (χ3n) is 5.21. The lowest BCUT2D eigenvalue weighted by Crippen LogP contribution is -2.49. The first kappa shape index (κ1) is 17.2. The second-order valence-corrected chi connectivity index (χ2v) is 7.23. The standard InChI is InChI=1S/C19H29N3O2/c1-19(8-5-9-20-15-19)18(23)21(2)14-16-6-3-4-7-17(16)22-10-12-24-13-11-22/h3-4,6-7,20H,5,8-15H2,1-2H3/t19-/m1/s1. The molecule has 2 aliphatic rings. The summed E-state index contributed by atoms with van der Waals surface area (Å²) in [6.45, 7) is 7.91. The molecule has 5 nitrogen and oxygen atoms in total. The normalized spacial score (nSPS) is 24.7. The first-order chi connectivity index (χ1) is 11.6. The molecule has 3 rings (SSSR count). The van der Waals surface area contributed by atoms with Gasteiger partial charge in [0.05, 0.1) is 18.6 Å². The summed E-state index contributed by atoms with van der Waals surface area (Å²) in [6.07, 6.45) is 2.04. The van der Waals surface area contributed by atoms with E-state index in [4.69, 9.17) is 4.74 Å². The van der Waals surface area contributed by atoms with Crippen molar-refractivity contribution in [3.63, 3.8) is 0 Å². The molecule has 2 aliphatic heterocycles. The van der Waals surface area contributed by atoms with Crippen LogP contribution in [0.4, 0.5) is 5.69 Å². The Balaban J connectivity index is 1.72. The van der Waals surface area contributed by atoms with Crippen molar-refractivity contribution in [2.45, 2.75) is 26.3 Å². The molecule has 1 amide bonds. The molecule has 0 aliphatic carbocycles. The van der Waals surface area contributed by atoms with Crippen LogP contribution in [0.15, 0.2) is 24.3 Å². The zero-order valence-corrected chi connectivity index (χ0v) is 14.9. The van der Waals surface area contributed by atoms with Gasteiger partial charge < -0.3 is 19.9 Å². The zero-order valence-electron chi connectivity index (χ0n) is 14.9. The summed E-state index contributed by atoms with van der Waals surface area (Å²) in [6, 6.07) is 8.42. The van der Waals surface area contributed by atoms with E-state index in [0.717, 1.165) is 52.2 Å². The van der Waals surface area contributed by atoms with Crippen LogP contribution in [0.25, 0.3) is 0 Å². The number of benzene rings is 1.